The van der Waals surface area contributed by atoms with Crippen molar-refractivity contribution in [2.45, 2.75) is 12.5 Å². The van der Waals surface area contributed by atoms with Gasteiger partial charge in [0.25, 0.3) is 11.8 Å². The number of carbonyl (C=O) groups excluding carboxylic acids is 2. The zero-order valence-electron chi connectivity index (χ0n) is 17.6. The molecule has 2 aromatic heterocycles. The molecule has 9 heteroatoms. The first-order valence-corrected chi connectivity index (χ1v) is 10.6. The van der Waals surface area contributed by atoms with E-state index in [9.17, 15) is 9.59 Å². The maximum absolute atomic E-state index is 13.4. The van der Waals surface area contributed by atoms with Crippen LogP contribution in [0.4, 0.5) is 5.69 Å². The van der Waals surface area contributed by atoms with Gasteiger partial charge in [-0.25, -0.2) is 4.98 Å². The largest absolute Gasteiger partial charge is 0.343 e. The van der Waals surface area contributed by atoms with Gasteiger partial charge in [-0.2, -0.15) is 5.10 Å². The molecule has 1 atom stereocenters. The Kier molecular flexibility index (Phi) is 4.94. The second-order valence-corrected chi connectivity index (χ2v) is 8.26. The maximum atomic E-state index is 13.4. The second-order valence-electron chi connectivity index (χ2n) is 7.85. The van der Waals surface area contributed by atoms with E-state index in [1.54, 1.807) is 59.5 Å². The SMILES string of the molecule is Cn1ncc2c1C(NC(=O)c1ccccc1Cl)CCN2C(=O)c1ccc2c(c1)ncn2C. The number of aryl methyl sites for hydroxylation is 2. The molecule has 0 saturated carbocycles. The van der Waals surface area contributed by atoms with Gasteiger partial charge in [0, 0.05) is 26.2 Å². The summed E-state index contributed by atoms with van der Waals surface area (Å²) < 4.78 is 3.62. The molecule has 0 radical (unpaired) electrons. The number of imidazole rings is 1. The summed E-state index contributed by atoms with van der Waals surface area (Å²) in [5.74, 6) is -0.379. The van der Waals surface area contributed by atoms with Crippen molar-refractivity contribution in [1.29, 1.82) is 0 Å². The molecule has 0 saturated heterocycles. The summed E-state index contributed by atoms with van der Waals surface area (Å²) in [6.07, 6.45) is 3.95. The lowest BCUT2D eigenvalue weighted by atomic mass is 10.0. The van der Waals surface area contributed by atoms with E-state index >= 15 is 0 Å². The third-order valence-electron chi connectivity index (χ3n) is 5.87. The number of halogens is 1. The number of aromatic nitrogens is 4. The van der Waals surface area contributed by atoms with Crippen LogP contribution in [0, 0.1) is 0 Å². The van der Waals surface area contributed by atoms with E-state index in [4.69, 9.17) is 11.6 Å². The van der Waals surface area contributed by atoms with E-state index in [-0.39, 0.29) is 17.9 Å². The normalized spacial score (nSPS) is 15.6. The smallest absolute Gasteiger partial charge is 0.258 e. The van der Waals surface area contributed by atoms with Crippen LogP contribution in [0.25, 0.3) is 11.0 Å². The molecule has 5 rings (SSSR count). The van der Waals surface area contributed by atoms with Gasteiger partial charge in [0.15, 0.2) is 0 Å². The van der Waals surface area contributed by atoms with Crippen LogP contribution >= 0.6 is 11.6 Å². The summed E-state index contributed by atoms with van der Waals surface area (Å²) >= 11 is 6.18. The molecule has 2 aromatic carbocycles. The van der Waals surface area contributed by atoms with Crippen molar-refractivity contribution >= 4 is 40.1 Å². The number of rotatable bonds is 3. The van der Waals surface area contributed by atoms with Crippen LogP contribution in [0.2, 0.25) is 5.02 Å². The molecule has 1 aliphatic heterocycles. The van der Waals surface area contributed by atoms with Gasteiger partial charge in [-0.1, -0.05) is 23.7 Å². The van der Waals surface area contributed by atoms with E-state index in [1.165, 1.54) is 0 Å². The highest BCUT2D eigenvalue weighted by Crippen LogP contribution is 2.35. The topological polar surface area (TPSA) is 85.1 Å². The highest BCUT2D eigenvalue weighted by Gasteiger charge is 2.33. The minimum atomic E-state index is -0.288. The first kappa shape index (κ1) is 20.3. The van der Waals surface area contributed by atoms with Crippen LogP contribution in [-0.4, -0.2) is 37.7 Å². The fourth-order valence-corrected chi connectivity index (χ4v) is 4.44. The number of benzene rings is 2. The molecule has 0 bridgehead atoms. The summed E-state index contributed by atoms with van der Waals surface area (Å²) in [4.78, 5) is 32.3. The van der Waals surface area contributed by atoms with Gasteiger partial charge in [0.05, 0.1) is 51.6 Å². The van der Waals surface area contributed by atoms with E-state index in [0.29, 0.717) is 34.8 Å². The Morgan fingerprint density at radius 3 is 2.78 bits per heavy atom. The Bertz CT molecular complexity index is 1360. The lowest BCUT2D eigenvalue weighted by Gasteiger charge is -2.32. The molecule has 162 valence electrons. The summed E-state index contributed by atoms with van der Waals surface area (Å²) in [6.45, 7) is 0.450. The summed E-state index contributed by atoms with van der Waals surface area (Å²) in [5, 5.41) is 7.80. The third-order valence-corrected chi connectivity index (χ3v) is 6.20. The van der Waals surface area contributed by atoms with Gasteiger partial charge >= 0.3 is 0 Å². The minimum Gasteiger partial charge on any atom is -0.343 e. The molecule has 0 aliphatic carbocycles. The summed E-state index contributed by atoms with van der Waals surface area (Å²) in [6, 6.07) is 12.2. The lowest BCUT2D eigenvalue weighted by molar-refractivity contribution is 0.0931. The fraction of sp³-hybridized carbons (Fsp3) is 0.217. The number of carbonyl (C=O) groups is 2. The van der Waals surface area contributed by atoms with Crippen molar-refractivity contribution in [3.05, 3.63) is 76.8 Å². The highest BCUT2D eigenvalue weighted by molar-refractivity contribution is 6.33. The molecule has 8 nitrogen and oxygen atoms in total. The molecule has 0 spiro atoms. The highest BCUT2D eigenvalue weighted by atomic mass is 35.5. The van der Waals surface area contributed by atoms with E-state index in [1.807, 2.05) is 23.7 Å². The average molecular weight is 449 g/mol. The van der Waals surface area contributed by atoms with Crippen molar-refractivity contribution in [3.63, 3.8) is 0 Å². The molecule has 0 fully saturated rings. The van der Waals surface area contributed by atoms with Gasteiger partial charge in [0.2, 0.25) is 0 Å². The van der Waals surface area contributed by atoms with Crippen molar-refractivity contribution in [2.75, 3.05) is 11.4 Å². The first-order chi connectivity index (χ1) is 15.4. The lowest BCUT2D eigenvalue weighted by Crippen LogP contribution is -2.41. The number of nitrogens with zero attached hydrogens (tertiary/aromatic N) is 5. The van der Waals surface area contributed by atoms with Crippen LogP contribution in [-0.2, 0) is 14.1 Å². The van der Waals surface area contributed by atoms with Crippen LogP contribution in [0.15, 0.2) is 55.0 Å². The Morgan fingerprint density at radius 2 is 1.97 bits per heavy atom. The Hall–Kier alpha value is -3.65. The molecule has 2 amide bonds. The monoisotopic (exact) mass is 448 g/mol. The number of fused-ring (bicyclic) bond motifs is 2. The Labute approximate surface area is 189 Å². The molecule has 3 heterocycles. The minimum absolute atomic E-state index is 0.123. The molecule has 4 aromatic rings. The zero-order valence-corrected chi connectivity index (χ0v) is 18.4. The standard InChI is InChI=1S/C23H21ClN6O2/c1-28-13-25-18-11-14(7-8-19(18)28)23(32)30-10-9-17(21-20(30)12-26-29(21)2)27-22(31)15-5-3-4-6-16(15)24/h3-8,11-13,17H,9-10H2,1-2H3,(H,27,31). The predicted octanol–water partition coefficient (Wildman–Crippen LogP) is 3.48. The molecular weight excluding hydrogens is 428 g/mol. The first-order valence-electron chi connectivity index (χ1n) is 10.2. The van der Waals surface area contributed by atoms with Crippen LogP contribution in [0.5, 0.6) is 0 Å². The van der Waals surface area contributed by atoms with Gasteiger partial charge in [0.1, 0.15) is 0 Å². The van der Waals surface area contributed by atoms with E-state index in [2.05, 4.69) is 15.4 Å². The Balaban J connectivity index is 1.43. The maximum Gasteiger partial charge on any atom is 0.258 e. The third kappa shape index (κ3) is 3.33. The summed E-state index contributed by atoms with van der Waals surface area (Å²) in [7, 11) is 3.72. The van der Waals surface area contributed by atoms with Gasteiger partial charge in [-0.3, -0.25) is 14.3 Å². The number of nitrogens with one attached hydrogen (secondary N) is 1. The average Bonchev–Trinajstić information content (AvgIpc) is 3.36. The second kappa shape index (κ2) is 7.80. The zero-order chi connectivity index (χ0) is 22.4. The van der Waals surface area contributed by atoms with Crippen LogP contribution in [0.3, 0.4) is 0 Å². The fourth-order valence-electron chi connectivity index (χ4n) is 4.22. The van der Waals surface area contributed by atoms with Crippen molar-refractivity contribution in [1.82, 2.24) is 24.6 Å². The van der Waals surface area contributed by atoms with Gasteiger partial charge in [-0.05, 0) is 36.8 Å². The van der Waals surface area contributed by atoms with Crippen molar-refractivity contribution in [2.24, 2.45) is 14.1 Å². The molecule has 32 heavy (non-hydrogen) atoms. The molecule has 1 unspecified atom stereocenters. The van der Waals surface area contributed by atoms with Crippen LogP contribution in [0.1, 0.15) is 38.9 Å². The van der Waals surface area contributed by atoms with Crippen molar-refractivity contribution in [3.8, 4) is 0 Å². The number of anilines is 1. The number of amides is 2. The number of hydrogen-bond acceptors (Lipinski definition) is 4. The number of hydrogen-bond donors (Lipinski definition) is 1. The molecular formula is C23H21ClN6O2. The molecule has 1 aliphatic rings. The molecule has 1 N–H and O–H groups in total. The predicted molar refractivity (Wildman–Crippen MR) is 122 cm³/mol. The Morgan fingerprint density at radius 1 is 1.16 bits per heavy atom. The van der Waals surface area contributed by atoms with Gasteiger partial charge in [-0.15, -0.1) is 0 Å². The van der Waals surface area contributed by atoms with E-state index < -0.39 is 0 Å². The van der Waals surface area contributed by atoms with Crippen molar-refractivity contribution < 1.29 is 9.59 Å². The quantitative estimate of drug-likeness (QED) is 0.520. The van der Waals surface area contributed by atoms with Gasteiger partial charge < -0.3 is 14.8 Å². The van der Waals surface area contributed by atoms with E-state index in [0.717, 1.165) is 16.7 Å². The summed E-state index contributed by atoms with van der Waals surface area (Å²) in [5.41, 5.74) is 4.18. The van der Waals surface area contributed by atoms with Crippen LogP contribution < -0.4 is 10.2 Å².